The molecule has 1 saturated carbocycles. The number of amides is 3. The van der Waals surface area contributed by atoms with E-state index in [4.69, 9.17) is 11.6 Å². The highest BCUT2D eigenvalue weighted by molar-refractivity contribution is 6.31. The highest BCUT2D eigenvalue weighted by Crippen LogP contribution is 2.33. The van der Waals surface area contributed by atoms with Crippen molar-refractivity contribution in [3.05, 3.63) is 29.0 Å². The van der Waals surface area contributed by atoms with Crippen LogP contribution in [-0.4, -0.2) is 46.3 Å². The summed E-state index contributed by atoms with van der Waals surface area (Å²) in [6.45, 7) is 0.582. The van der Waals surface area contributed by atoms with Crippen LogP contribution in [0.2, 0.25) is 5.02 Å². The van der Waals surface area contributed by atoms with Crippen LogP contribution in [0.1, 0.15) is 42.7 Å². The van der Waals surface area contributed by atoms with E-state index in [1.54, 1.807) is 18.2 Å². The molecule has 2 aromatic rings. The summed E-state index contributed by atoms with van der Waals surface area (Å²) in [7, 11) is 0. The molecule has 4 rings (SSSR count). The summed E-state index contributed by atoms with van der Waals surface area (Å²) in [6, 6.07) is 5.53. The van der Waals surface area contributed by atoms with E-state index in [1.807, 2.05) is 0 Å². The average Bonchev–Trinajstić information content (AvgIpc) is 3.32. The number of carbonyl (C=O) groups is 3. The van der Waals surface area contributed by atoms with Crippen LogP contribution in [-0.2, 0) is 9.59 Å². The highest BCUT2D eigenvalue weighted by atomic mass is 35.5. The first-order chi connectivity index (χ1) is 14.9. The molecule has 2 heterocycles. The lowest BCUT2D eigenvalue weighted by Gasteiger charge is -2.21. The molecule has 2 aliphatic rings. The van der Waals surface area contributed by atoms with E-state index in [1.165, 1.54) is 0 Å². The van der Waals surface area contributed by atoms with Gasteiger partial charge in [-0.3, -0.25) is 14.4 Å². The summed E-state index contributed by atoms with van der Waals surface area (Å²) < 4.78 is 0. The Morgan fingerprint density at radius 1 is 1.26 bits per heavy atom. The van der Waals surface area contributed by atoms with Gasteiger partial charge in [0.15, 0.2) is 5.82 Å². The monoisotopic (exact) mass is 442 g/mol. The molecule has 2 fully saturated rings. The third kappa shape index (κ3) is 5.14. The molecule has 3 atom stereocenters. The van der Waals surface area contributed by atoms with Crippen molar-refractivity contribution in [3.8, 4) is 6.07 Å². The van der Waals surface area contributed by atoms with E-state index in [0.717, 1.165) is 12.8 Å². The minimum atomic E-state index is -0.798. The number of hydrogen-bond donors (Lipinski definition) is 4. The molecular formula is C21H23ClN6O3. The van der Waals surface area contributed by atoms with Crippen molar-refractivity contribution in [3.63, 3.8) is 0 Å². The highest BCUT2D eigenvalue weighted by Gasteiger charge is 2.33. The fourth-order valence-corrected chi connectivity index (χ4v) is 3.98. The van der Waals surface area contributed by atoms with Crippen LogP contribution in [0, 0.1) is 23.2 Å². The third-order valence-corrected chi connectivity index (χ3v) is 5.94. The number of imidazole rings is 1. The lowest BCUT2D eigenvalue weighted by Crippen LogP contribution is -2.50. The number of benzene rings is 1. The first-order valence-corrected chi connectivity index (χ1v) is 10.7. The summed E-state index contributed by atoms with van der Waals surface area (Å²) >= 11 is 5.98. The average molecular weight is 443 g/mol. The van der Waals surface area contributed by atoms with Gasteiger partial charge in [-0.1, -0.05) is 24.4 Å². The van der Waals surface area contributed by atoms with Gasteiger partial charge in [0.2, 0.25) is 11.8 Å². The van der Waals surface area contributed by atoms with E-state index < -0.39 is 23.9 Å². The van der Waals surface area contributed by atoms with Gasteiger partial charge in [0.05, 0.1) is 17.1 Å². The zero-order valence-corrected chi connectivity index (χ0v) is 17.5. The molecule has 9 nitrogen and oxygen atoms in total. The standard InChI is InChI=1S/C21H23ClN6O3/c22-13-3-4-15-16(9-13)27-18(26-15)21(31)28-17(7-11-1-2-11)20(30)25-14(10-23)8-12-5-6-24-19(12)29/h3-4,9,11-12,14,17H,1-2,5-8H2,(H,24,29)(H,25,30)(H,26,27)(H,28,31)/t12-,14-,17-/m0/s1. The number of rotatable bonds is 8. The Balaban J connectivity index is 1.43. The van der Waals surface area contributed by atoms with E-state index in [9.17, 15) is 19.6 Å². The van der Waals surface area contributed by atoms with Crippen molar-refractivity contribution >= 4 is 40.4 Å². The number of fused-ring (bicyclic) bond motifs is 1. The van der Waals surface area contributed by atoms with Crippen LogP contribution in [0.3, 0.4) is 0 Å². The predicted octanol–water partition coefficient (Wildman–Crippen LogP) is 1.65. The molecule has 1 aromatic carbocycles. The Labute approximate surface area is 183 Å². The largest absolute Gasteiger partial charge is 0.356 e. The number of halogens is 1. The van der Waals surface area contributed by atoms with Crippen molar-refractivity contribution in [2.24, 2.45) is 11.8 Å². The second-order valence-corrected chi connectivity index (χ2v) is 8.59. The molecule has 3 amide bonds. The minimum absolute atomic E-state index is 0.0883. The van der Waals surface area contributed by atoms with Crippen molar-refractivity contribution in [1.29, 1.82) is 5.26 Å². The van der Waals surface area contributed by atoms with Gasteiger partial charge in [-0.15, -0.1) is 0 Å². The van der Waals surface area contributed by atoms with Gasteiger partial charge in [-0.2, -0.15) is 5.26 Å². The lowest BCUT2D eigenvalue weighted by atomic mass is 9.98. The fourth-order valence-electron chi connectivity index (χ4n) is 3.81. The Bertz CT molecular complexity index is 1060. The Morgan fingerprint density at radius 2 is 2.06 bits per heavy atom. The summed E-state index contributed by atoms with van der Waals surface area (Å²) in [4.78, 5) is 44.6. The number of aromatic amines is 1. The van der Waals surface area contributed by atoms with Crippen LogP contribution in [0.15, 0.2) is 18.2 Å². The molecule has 0 spiro atoms. The lowest BCUT2D eigenvalue weighted by molar-refractivity contribution is -0.125. The summed E-state index contributed by atoms with van der Waals surface area (Å²) in [5.74, 6) is -0.857. The van der Waals surface area contributed by atoms with Crippen molar-refractivity contribution in [1.82, 2.24) is 25.9 Å². The molecule has 1 aliphatic heterocycles. The zero-order valence-electron chi connectivity index (χ0n) is 16.8. The van der Waals surface area contributed by atoms with Crippen LogP contribution in [0.4, 0.5) is 0 Å². The fraction of sp³-hybridized carbons (Fsp3) is 0.476. The van der Waals surface area contributed by atoms with Crippen LogP contribution < -0.4 is 16.0 Å². The Kier molecular flexibility index (Phi) is 6.09. The zero-order chi connectivity index (χ0) is 22.0. The van der Waals surface area contributed by atoms with Gasteiger partial charge in [0.25, 0.3) is 5.91 Å². The first-order valence-electron chi connectivity index (χ1n) is 10.4. The van der Waals surface area contributed by atoms with E-state index in [0.29, 0.717) is 41.4 Å². The molecule has 1 saturated heterocycles. The molecule has 4 N–H and O–H groups in total. The van der Waals surface area contributed by atoms with E-state index in [-0.39, 0.29) is 24.1 Å². The molecule has 1 aliphatic carbocycles. The predicted molar refractivity (Wildman–Crippen MR) is 113 cm³/mol. The van der Waals surface area contributed by atoms with Gasteiger partial charge in [-0.25, -0.2) is 4.98 Å². The second kappa shape index (κ2) is 8.94. The summed E-state index contributed by atoms with van der Waals surface area (Å²) in [5, 5.41) is 18.1. The van der Waals surface area contributed by atoms with Gasteiger partial charge in [-0.05, 0) is 43.4 Å². The van der Waals surface area contributed by atoms with Crippen LogP contribution in [0.5, 0.6) is 0 Å². The maximum Gasteiger partial charge on any atom is 0.287 e. The topological polar surface area (TPSA) is 140 Å². The van der Waals surface area contributed by atoms with Crippen molar-refractivity contribution < 1.29 is 14.4 Å². The van der Waals surface area contributed by atoms with Gasteiger partial charge in [0, 0.05) is 17.5 Å². The summed E-state index contributed by atoms with van der Waals surface area (Å²) in [5.41, 5.74) is 1.22. The maximum atomic E-state index is 12.9. The number of nitrogens with zero attached hydrogens (tertiary/aromatic N) is 2. The van der Waals surface area contributed by atoms with Gasteiger partial charge in [0.1, 0.15) is 12.1 Å². The second-order valence-electron chi connectivity index (χ2n) is 8.15. The quantitative estimate of drug-likeness (QED) is 0.492. The normalized spacial score (nSPS) is 20.0. The summed E-state index contributed by atoms with van der Waals surface area (Å²) in [6.07, 6.45) is 3.40. The molecule has 31 heavy (non-hydrogen) atoms. The number of carbonyl (C=O) groups excluding carboxylic acids is 3. The molecule has 0 bridgehead atoms. The van der Waals surface area contributed by atoms with Gasteiger partial charge >= 0.3 is 0 Å². The molecule has 10 heteroatoms. The molecule has 1 aromatic heterocycles. The maximum absolute atomic E-state index is 12.9. The van der Waals surface area contributed by atoms with Gasteiger partial charge < -0.3 is 20.9 Å². The number of H-pyrrole nitrogens is 1. The molecular weight excluding hydrogens is 420 g/mol. The molecule has 162 valence electrons. The molecule has 0 radical (unpaired) electrons. The molecule has 0 unspecified atom stereocenters. The number of hydrogen-bond acceptors (Lipinski definition) is 5. The third-order valence-electron chi connectivity index (χ3n) is 5.70. The smallest absolute Gasteiger partial charge is 0.287 e. The van der Waals surface area contributed by atoms with Crippen LogP contribution in [0.25, 0.3) is 11.0 Å². The first kappa shape index (κ1) is 21.1. The number of aromatic nitrogens is 2. The Hall–Kier alpha value is -3.12. The van der Waals surface area contributed by atoms with Crippen LogP contribution >= 0.6 is 11.6 Å². The Morgan fingerprint density at radius 3 is 2.74 bits per heavy atom. The van der Waals surface area contributed by atoms with Crippen molar-refractivity contribution in [2.45, 2.75) is 44.2 Å². The number of nitriles is 1. The minimum Gasteiger partial charge on any atom is -0.356 e. The number of nitrogens with one attached hydrogen (secondary N) is 4. The van der Waals surface area contributed by atoms with E-state index in [2.05, 4.69) is 32.0 Å². The van der Waals surface area contributed by atoms with Crippen molar-refractivity contribution in [2.75, 3.05) is 6.54 Å². The van der Waals surface area contributed by atoms with E-state index >= 15 is 0 Å². The SMILES string of the molecule is N#C[C@H](C[C@@H]1CCNC1=O)NC(=O)[C@H](CC1CC1)NC(=O)c1nc2ccc(Cl)cc2[nH]1.